The van der Waals surface area contributed by atoms with E-state index in [2.05, 4.69) is 17.1 Å². The second-order valence-electron chi connectivity index (χ2n) is 1.86. The van der Waals surface area contributed by atoms with Gasteiger partial charge in [0, 0.05) is 12.9 Å². The molecule has 0 saturated heterocycles. The molecular weight excluding hydrogens is 144 g/mol. The molecule has 0 fully saturated rings. The number of carbonyl (C=O) groups is 1. The lowest BCUT2D eigenvalue weighted by Crippen LogP contribution is -2.26. The number of rotatable bonds is 2. The average Bonchev–Trinajstić information content (AvgIpc) is 1.62. The molecule has 0 radical (unpaired) electrons. The van der Waals surface area contributed by atoms with Crippen molar-refractivity contribution in [2.45, 2.75) is 19.1 Å². The number of hydrogen-bond acceptors (Lipinski definition) is 5. The second kappa shape index (κ2) is 3.05. The standard InChI is InChI=1S/C4H8O4S/c1-4(6,7)2-3(5)8-9/h6-7,9H,2H2,1H3. The first-order chi connectivity index (χ1) is 3.95. The molecule has 0 atom stereocenters. The molecule has 0 aromatic rings. The normalized spacial score (nSPS) is 11.1. The molecule has 0 aliphatic rings. The van der Waals surface area contributed by atoms with Crippen molar-refractivity contribution < 1.29 is 19.2 Å². The highest BCUT2D eigenvalue weighted by molar-refractivity contribution is 7.75. The third-order valence-corrected chi connectivity index (χ3v) is 0.785. The van der Waals surface area contributed by atoms with E-state index in [9.17, 15) is 4.79 Å². The summed E-state index contributed by atoms with van der Waals surface area (Å²) in [5.74, 6) is -2.77. The van der Waals surface area contributed by atoms with Gasteiger partial charge < -0.3 is 14.4 Å². The Morgan fingerprint density at radius 3 is 2.33 bits per heavy atom. The van der Waals surface area contributed by atoms with Crippen molar-refractivity contribution in [3.05, 3.63) is 0 Å². The van der Waals surface area contributed by atoms with Crippen LogP contribution >= 0.6 is 12.9 Å². The zero-order chi connectivity index (χ0) is 7.49. The minimum absolute atomic E-state index is 0.476. The lowest BCUT2D eigenvalue weighted by atomic mass is 10.2. The predicted molar refractivity (Wildman–Crippen MR) is 32.5 cm³/mol. The Morgan fingerprint density at radius 1 is 1.78 bits per heavy atom. The van der Waals surface area contributed by atoms with Gasteiger partial charge in [-0.05, 0) is 6.92 Å². The van der Waals surface area contributed by atoms with E-state index in [4.69, 9.17) is 10.2 Å². The Bertz CT molecular complexity index is 106. The van der Waals surface area contributed by atoms with Crippen LogP contribution in [0.3, 0.4) is 0 Å². The molecule has 0 aromatic carbocycles. The maximum atomic E-state index is 10.2. The van der Waals surface area contributed by atoms with Gasteiger partial charge in [0.15, 0.2) is 5.79 Å². The Labute approximate surface area is 58.1 Å². The molecule has 0 bridgehead atoms. The van der Waals surface area contributed by atoms with Crippen molar-refractivity contribution in [3.63, 3.8) is 0 Å². The maximum Gasteiger partial charge on any atom is 0.323 e. The van der Waals surface area contributed by atoms with Crippen LogP contribution in [0.1, 0.15) is 13.3 Å². The highest BCUT2D eigenvalue weighted by atomic mass is 32.1. The zero-order valence-corrected chi connectivity index (χ0v) is 5.76. The molecular formula is C4H8O4S. The topological polar surface area (TPSA) is 66.8 Å². The minimum Gasteiger partial charge on any atom is -0.394 e. The molecule has 0 aliphatic heterocycles. The fraction of sp³-hybridized carbons (Fsp3) is 0.750. The fourth-order valence-electron chi connectivity index (χ4n) is 0.306. The van der Waals surface area contributed by atoms with E-state index in [0.29, 0.717) is 0 Å². The van der Waals surface area contributed by atoms with Gasteiger partial charge in [-0.25, -0.2) is 0 Å². The van der Waals surface area contributed by atoms with Crippen molar-refractivity contribution in [2.24, 2.45) is 0 Å². The van der Waals surface area contributed by atoms with Crippen LogP contribution in [0.4, 0.5) is 0 Å². The van der Waals surface area contributed by atoms with Crippen LogP contribution in [0.2, 0.25) is 0 Å². The van der Waals surface area contributed by atoms with Crippen molar-refractivity contribution in [2.75, 3.05) is 0 Å². The van der Waals surface area contributed by atoms with Crippen LogP contribution in [0.5, 0.6) is 0 Å². The van der Waals surface area contributed by atoms with Gasteiger partial charge in [-0.15, -0.1) is 0 Å². The lowest BCUT2D eigenvalue weighted by molar-refractivity contribution is -0.168. The predicted octanol–water partition coefficient (Wildman–Crippen LogP) is -0.535. The average molecular weight is 152 g/mol. The summed E-state index contributed by atoms with van der Waals surface area (Å²) < 4.78 is 3.86. The minimum atomic E-state index is -2.00. The van der Waals surface area contributed by atoms with Gasteiger partial charge in [-0.3, -0.25) is 4.79 Å². The largest absolute Gasteiger partial charge is 0.394 e. The Balaban J connectivity index is 3.60. The van der Waals surface area contributed by atoms with Crippen LogP contribution in [0.25, 0.3) is 0 Å². The van der Waals surface area contributed by atoms with E-state index >= 15 is 0 Å². The molecule has 0 saturated carbocycles. The van der Waals surface area contributed by atoms with Crippen molar-refractivity contribution in [1.82, 2.24) is 0 Å². The van der Waals surface area contributed by atoms with Crippen LogP contribution in [0.15, 0.2) is 0 Å². The SMILES string of the molecule is CC(O)(O)CC(=O)OS. The van der Waals surface area contributed by atoms with Gasteiger partial charge in [-0.1, -0.05) is 0 Å². The van der Waals surface area contributed by atoms with E-state index in [1.807, 2.05) is 0 Å². The van der Waals surface area contributed by atoms with Crippen LogP contribution < -0.4 is 0 Å². The molecule has 5 heteroatoms. The highest BCUT2D eigenvalue weighted by Gasteiger charge is 2.20. The summed E-state index contributed by atoms with van der Waals surface area (Å²) in [7, 11) is 0. The molecule has 0 aromatic heterocycles. The molecule has 0 unspecified atom stereocenters. The Kier molecular flexibility index (Phi) is 2.96. The highest BCUT2D eigenvalue weighted by Crippen LogP contribution is 2.04. The second-order valence-corrected chi connectivity index (χ2v) is 2.04. The van der Waals surface area contributed by atoms with Gasteiger partial charge in [0.2, 0.25) is 0 Å². The number of hydrogen-bond donors (Lipinski definition) is 3. The molecule has 2 N–H and O–H groups in total. The molecule has 0 spiro atoms. The first kappa shape index (κ1) is 8.74. The van der Waals surface area contributed by atoms with Gasteiger partial charge in [0.05, 0.1) is 6.42 Å². The summed E-state index contributed by atoms with van der Waals surface area (Å²) in [5.41, 5.74) is 0. The molecule has 9 heavy (non-hydrogen) atoms. The summed E-state index contributed by atoms with van der Waals surface area (Å²) in [5, 5.41) is 17.1. The lowest BCUT2D eigenvalue weighted by Gasteiger charge is -2.12. The first-order valence-electron chi connectivity index (χ1n) is 2.25. The summed E-state index contributed by atoms with van der Waals surface area (Å²) in [4.78, 5) is 10.2. The summed E-state index contributed by atoms with van der Waals surface area (Å²) in [6.07, 6.45) is -0.476. The van der Waals surface area contributed by atoms with Crippen LogP contribution in [-0.2, 0) is 8.98 Å². The molecule has 0 rings (SSSR count). The number of carbonyl (C=O) groups excluding carboxylic acids is 1. The van der Waals surface area contributed by atoms with E-state index in [1.165, 1.54) is 0 Å². The molecule has 0 heterocycles. The monoisotopic (exact) mass is 152 g/mol. The summed E-state index contributed by atoms with van der Waals surface area (Å²) >= 11 is 3.16. The van der Waals surface area contributed by atoms with E-state index < -0.39 is 18.2 Å². The molecule has 4 nitrogen and oxygen atoms in total. The Hall–Kier alpha value is -0.260. The van der Waals surface area contributed by atoms with Crippen molar-refractivity contribution >= 4 is 18.9 Å². The summed E-state index contributed by atoms with van der Waals surface area (Å²) in [6.45, 7) is 1.08. The molecule has 0 aliphatic carbocycles. The smallest absolute Gasteiger partial charge is 0.323 e. The van der Waals surface area contributed by atoms with E-state index in [1.54, 1.807) is 0 Å². The van der Waals surface area contributed by atoms with Crippen molar-refractivity contribution in [1.29, 1.82) is 0 Å². The van der Waals surface area contributed by atoms with E-state index in [0.717, 1.165) is 6.92 Å². The van der Waals surface area contributed by atoms with Crippen LogP contribution in [-0.4, -0.2) is 22.0 Å². The third kappa shape index (κ3) is 5.61. The van der Waals surface area contributed by atoms with Gasteiger partial charge in [0.1, 0.15) is 0 Å². The van der Waals surface area contributed by atoms with Gasteiger partial charge in [0.25, 0.3) is 0 Å². The van der Waals surface area contributed by atoms with Gasteiger partial charge >= 0.3 is 5.97 Å². The number of aliphatic hydroxyl groups is 2. The Morgan fingerprint density at radius 2 is 2.22 bits per heavy atom. The van der Waals surface area contributed by atoms with Crippen LogP contribution in [0, 0.1) is 0 Å². The quantitative estimate of drug-likeness (QED) is 0.282. The molecule has 54 valence electrons. The van der Waals surface area contributed by atoms with Gasteiger partial charge in [-0.2, -0.15) is 0 Å². The number of thiol groups is 1. The summed E-state index contributed by atoms with van der Waals surface area (Å²) in [6, 6.07) is 0. The van der Waals surface area contributed by atoms with E-state index in [-0.39, 0.29) is 0 Å². The van der Waals surface area contributed by atoms with Crippen molar-refractivity contribution in [3.8, 4) is 0 Å². The fourth-order valence-corrected chi connectivity index (χ4v) is 0.370. The third-order valence-electron chi connectivity index (χ3n) is 0.581. The first-order valence-corrected chi connectivity index (χ1v) is 2.61. The molecule has 0 amide bonds. The maximum absolute atomic E-state index is 10.2. The zero-order valence-electron chi connectivity index (χ0n) is 4.87.